The first kappa shape index (κ1) is 15.6. The lowest BCUT2D eigenvalue weighted by atomic mass is 9.86. The first-order chi connectivity index (χ1) is 9.57. The maximum atomic E-state index is 13.2. The van der Waals surface area contributed by atoms with E-state index in [4.69, 9.17) is 9.47 Å². The highest BCUT2D eigenvalue weighted by atomic mass is 79.9. The molecule has 1 aliphatic heterocycles. The standard InChI is InChI=1S/C15H18BrFO3/c1-2-20-15(5-7-19-8-6-15)14(18)10-11-3-4-13(17)12(16)9-11/h3-4,9H,2,5-8,10H2,1H3. The highest BCUT2D eigenvalue weighted by Crippen LogP contribution is 2.28. The van der Waals surface area contributed by atoms with E-state index in [1.54, 1.807) is 12.1 Å². The summed E-state index contributed by atoms with van der Waals surface area (Å²) in [6.07, 6.45) is 1.42. The van der Waals surface area contributed by atoms with Crippen LogP contribution in [0.4, 0.5) is 4.39 Å². The molecule has 1 aromatic rings. The first-order valence-electron chi connectivity index (χ1n) is 6.76. The van der Waals surface area contributed by atoms with Crippen LogP contribution in [0.25, 0.3) is 0 Å². The van der Waals surface area contributed by atoms with Crippen molar-refractivity contribution < 1.29 is 18.7 Å². The molecule has 0 N–H and O–H groups in total. The van der Waals surface area contributed by atoms with Gasteiger partial charge in [0.25, 0.3) is 0 Å². The fourth-order valence-electron chi connectivity index (χ4n) is 2.48. The minimum Gasteiger partial charge on any atom is -0.381 e. The molecule has 0 aliphatic carbocycles. The number of Topliss-reactive ketones (excluding diaryl/α,β-unsaturated/α-hetero) is 1. The highest BCUT2D eigenvalue weighted by molar-refractivity contribution is 9.10. The summed E-state index contributed by atoms with van der Waals surface area (Å²) in [5, 5.41) is 0. The Kier molecular flexibility index (Phi) is 5.29. The molecule has 1 heterocycles. The zero-order valence-corrected chi connectivity index (χ0v) is 13.0. The second-order valence-electron chi connectivity index (χ2n) is 4.89. The predicted molar refractivity (Wildman–Crippen MR) is 77.2 cm³/mol. The van der Waals surface area contributed by atoms with Crippen molar-refractivity contribution in [2.24, 2.45) is 0 Å². The van der Waals surface area contributed by atoms with Crippen molar-refractivity contribution >= 4 is 21.7 Å². The molecule has 110 valence electrons. The Bertz CT molecular complexity index is 478. The van der Waals surface area contributed by atoms with Gasteiger partial charge in [0.05, 0.1) is 4.47 Å². The monoisotopic (exact) mass is 344 g/mol. The molecule has 1 aromatic carbocycles. The van der Waals surface area contributed by atoms with E-state index in [1.165, 1.54) is 6.07 Å². The molecule has 20 heavy (non-hydrogen) atoms. The Hall–Kier alpha value is -0.780. The van der Waals surface area contributed by atoms with Crippen molar-refractivity contribution in [1.82, 2.24) is 0 Å². The normalized spacial score (nSPS) is 17.9. The Morgan fingerprint density at radius 2 is 2.15 bits per heavy atom. The first-order valence-corrected chi connectivity index (χ1v) is 7.55. The lowest BCUT2D eigenvalue weighted by Crippen LogP contribution is -2.47. The van der Waals surface area contributed by atoms with Gasteiger partial charge in [0.15, 0.2) is 5.78 Å². The number of benzene rings is 1. The molecule has 0 unspecified atom stereocenters. The van der Waals surface area contributed by atoms with Gasteiger partial charge in [0.2, 0.25) is 0 Å². The van der Waals surface area contributed by atoms with Crippen molar-refractivity contribution in [3.8, 4) is 0 Å². The van der Waals surface area contributed by atoms with Crippen LogP contribution in [0.15, 0.2) is 22.7 Å². The van der Waals surface area contributed by atoms with Crippen LogP contribution in [0.5, 0.6) is 0 Å². The van der Waals surface area contributed by atoms with Crippen LogP contribution >= 0.6 is 15.9 Å². The summed E-state index contributed by atoms with van der Waals surface area (Å²) in [6, 6.07) is 4.65. The molecule has 0 amide bonds. The maximum Gasteiger partial charge on any atom is 0.169 e. The van der Waals surface area contributed by atoms with Gasteiger partial charge in [-0.05, 0) is 40.5 Å². The van der Waals surface area contributed by atoms with E-state index in [1.807, 2.05) is 6.92 Å². The molecular formula is C15H18BrFO3. The van der Waals surface area contributed by atoms with E-state index in [-0.39, 0.29) is 18.0 Å². The molecule has 1 fully saturated rings. The quantitative estimate of drug-likeness (QED) is 0.822. The van der Waals surface area contributed by atoms with Gasteiger partial charge >= 0.3 is 0 Å². The number of hydrogen-bond donors (Lipinski definition) is 0. The molecule has 3 nitrogen and oxygen atoms in total. The fourth-order valence-corrected chi connectivity index (χ4v) is 2.90. The van der Waals surface area contributed by atoms with Crippen LogP contribution in [0.2, 0.25) is 0 Å². The zero-order valence-electron chi connectivity index (χ0n) is 11.5. The second-order valence-corrected chi connectivity index (χ2v) is 5.74. The number of rotatable bonds is 5. The molecular weight excluding hydrogens is 327 g/mol. The van der Waals surface area contributed by atoms with Crippen LogP contribution in [0.3, 0.4) is 0 Å². The fraction of sp³-hybridized carbons (Fsp3) is 0.533. The SMILES string of the molecule is CCOC1(C(=O)Cc2ccc(F)c(Br)c2)CCOCC1. The van der Waals surface area contributed by atoms with Crippen molar-refractivity contribution in [3.05, 3.63) is 34.1 Å². The van der Waals surface area contributed by atoms with Gasteiger partial charge in [-0.3, -0.25) is 4.79 Å². The third kappa shape index (κ3) is 3.45. The maximum absolute atomic E-state index is 13.2. The largest absolute Gasteiger partial charge is 0.381 e. The van der Waals surface area contributed by atoms with E-state index in [9.17, 15) is 9.18 Å². The molecule has 0 atom stereocenters. The average Bonchev–Trinajstić information content (AvgIpc) is 2.44. The van der Waals surface area contributed by atoms with Crippen molar-refractivity contribution in [2.75, 3.05) is 19.8 Å². The van der Waals surface area contributed by atoms with Gasteiger partial charge in [-0.25, -0.2) is 4.39 Å². The molecule has 0 saturated carbocycles. The Morgan fingerprint density at radius 1 is 1.45 bits per heavy atom. The van der Waals surface area contributed by atoms with Crippen LogP contribution in [-0.2, 0) is 20.7 Å². The molecule has 1 saturated heterocycles. The molecule has 0 spiro atoms. The molecule has 5 heteroatoms. The molecule has 2 rings (SSSR count). The Balaban J connectivity index is 2.13. The van der Waals surface area contributed by atoms with Gasteiger partial charge in [-0.1, -0.05) is 6.07 Å². The number of ketones is 1. The third-order valence-corrected chi connectivity index (χ3v) is 4.19. The van der Waals surface area contributed by atoms with E-state index >= 15 is 0 Å². The number of carbonyl (C=O) groups excluding carboxylic acids is 1. The molecule has 0 radical (unpaired) electrons. The number of hydrogen-bond acceptors (Lipinski definition) is 3. The van der Waals surface area contributed by atoms with Gasteiger partial charge in [-0.15, -0.1) is 0 Å². The Labute approximate surface area is 126 Å². The summed E-state index contributed by atoms with van der Waals surface area (Å²) < 4.78 is 24.6. The van der Waals surface area contributed by atoms with E-state index in [0.717, 1.165) is 5.56 Å². The number of carbonyl (C=O) groups is 1. The van der Waals surface area contributed by atoms with Crippen LogP contribution in [0, 0.1) is 5.82 Å². The minimum absolute atomic E-state index is 0.0427. The van der Waals surface area contributed by atoms with Crippen LogP contribution in [-0.4, -0.2) is 31.2 Å². The lowest BCUT2D eigenvalue weighted by Gasteiger charge is -2.35. The van der Waals surface area contributed by atoms with Gasteiger partial charge in [0, 0.05) is 39.1 Å². The van der Waals surface area contributed by atoms with Crippen LogP contribution < -0.4 is 0 Å². The topological polar surface area (TPSA) is 35.5 Å². The average molecular weight is 345 g/mol. The molecule has 0 bridgehead atoms. The molecule has 0 aromatic heterocycles. The minimum atomic E-state index is -0.742. The third-order valence-electron chi connectivity index (χ3n) is 3.58. The second kappa shape index (κ2) is 6.78. The van der Waals surface area contributed by atoms with Crippen molar-refractivity contribution in [3.63, 3.8) is 0 Å². The summed E-state index contributed by atoms with van der Waals surface area (Å²) in [5.41, 5.74) is 0.0438. The highest BCUT2D eigenvalue weighted by Gasteiger charge is 2.40. The van der Waals surface area contributed by atoms with Gasteiger partial charge < -0.3 is 9.47 Å². The van der Waals surface area contributed by atoms with Crippen molar-refractivity contribution in [1.29, 1.82) is 0 Å². The smallest absolute Gasteiger partial charge is 0.169 e. The lowest BCUT2D eigenvalue weighted by molar-refractivity contribution is -0.156. The van der Waals surface area contributed by atoms with E-state index in [2.05, 4.69) is 15.9 Å². The predicted octanol–water partition coefficient (Wildman–Crippen LogP) is 3.29. The summed E-state index contributed by atoms with van der Waals surface area (Å²) in [6.45, 7) is 3.47. The summed E-state index contributed by atoms with van der Waals surface area (Å²) >= 11 is 3.14. The van der Waals surface area contributed by atoms with Gasteiger partial charge in [-0.2, -0.15) is 0 Å². The van der Waals surface area contributed by atoms with Gasteiger partial charge in [0.1, 0.15) is 11.4 Å². The summed E-state index contributed by atoms with van der Waals surface area (Å²) in [5.74, 6) is -0.284. The summed E-state index contributed by atoms with van der Waals surface area (Å²) in [4.78, 5) is 12.6. The molecule has 1 aliphatic rings. The summed E-state index contributed by atoms with van der Waals surface area (Å²) in [7, 11) is 0. The van der Waals surface area contributed by atoms with E-state index in [0.29, 0.717) is 37.1 Å². The van der Waals surface area contributed by atoms with Crippen molar-refractivity contribution in [2.45, 2.75) is 31.8 Å². The number of ether oxygens (including phenoxy) is 2. The van der Waals surface area contributed by atoms with Crippen LogP contribution in [0.1, 0.15) is 25.3 Å². The zero-order chi connectivity index (χ0) is 14.6. The van der Waals surface area contributed by atoms with E-state index < -0.39 is 5.60 Å². The number of halogens is 2. The Morgan fingerprint density at radius 3 is 2.75 bits per heavy atom.